The molecule has 0 radical (unpaired) electrons. The predicted molar refractivity (Wildman–Crippen MR) is 78.8 cm³/mol. The second-order valence-corrected chi connectivity index (χ2v) is 5.95. The van der Waals surface area contributed by atoms with Crippen LogP contribution < -0.4 is 0 Å². The van der Waals surface area contributed by atoms with Crippen LogP contribution in [0.1, 0.15) is 64.9 Å². The van der Waals surface area contributed by atoms with E-state index in [1.165, 1.54) is 37.8 Å². The van der Waals surface area contributed by atoms with E-state index in [2.05, 4.69) is 6.92 Å². The second-order valence-electron chi connectivity index (χ2n) is 5.95. The lowest BCUT2D eigenvalue weighted by atomic mass is 9.77. The minimum Gasteiger partial charge on any atom is -0.392 e. The number of hydrogen-bond donors (Lipinski definition) is 1. The number of benzene rings is 1. The van der Waals surface area contributed by atoms with Gasteiger partial charge in [0.15, 0.2) is 0 Å². The molecule has 0 aromatic heterocycles. The van der Waals surface area contributed by atoms with E-state index in [0.717, 1.165) is 18.4 Å². The number of unbranched alkanes of at least 4 members (excludes halogenated alkanes) is 4. The van der Waals surface area contributed by atoms with Crippen LogP contribution in [0.3, 0.4) is 0 Å². The van der Waals surface area contributed by atoms with E-state index in [1.807, 2.05) is 13.8 Å². The van der Waals surface area contributed by atoms with Crippen molar-refractivity contribution >= 4 is 0 Å². The van der Waals surface area contributed by atoms with E-state index in [-0.39, 0.29) is 17.3 Å². The molecule has 1 atom stereocenters. The molecule has 0 aliphatic carbocycles. The lowest BCUT2D eigenvalue weighted by molar-refractivity contribution is 0.0884. The number of aliphatic hydroxyl groups is 1. The zero-order valence-electron chi connectivity index (χ0n) is 12.5. The van der Waals surface area contributed by atoms with E-state index < -0.39 is 0 Å². The quantitative estimate of drug-likeness (QED) is 0.668. The van der Waals surface area contributed by atoms with Crippen molar-refractivity contribution in [1.82, 2.24) is 0 Å². The highest BCUT2D eigenvalue weighted by Crippen LogP contribution is 2.30. The fourth-order valence-electron chi connectivity index (χ4n) is 2.37. The van der Waals surface area contributed by atoms with Crippen LogP contribution in [-0.4, -0.2) is 11.2 Å². The van der Waals surface area contributed by atoms with E-state index in [9.17, 15) is 9.50 Å². The summed E-state index contributed by atoms with van der Waals surface area (Å²) in [5, 5.41) is 10.4. The van der Waals surface area contributed by atoms with Crippen LogP contribution in [0.15, 0.2) is 24.3 Å². The van der Waals surface area contributed by atoms with Crippen LogP contribution in [0.2, 0.25) is 0 Å². The smallest absolute Gasteiger partial charge is 0.123 e. The molecule has 0 amide bonds. The Balaban J connectivity index is 2.49. The third-order valence-corrected chi connectivity index (χ3v) is 4.00. The van der Waals surface area contributed by atoms with Crippen molar-refractivity contribution in [3.8, 4) is 0 Å². The van der Waals surface area contributed by atoms with Gasteiger partial charge in [0.1, 0.15) is 5.82 Å². The van der Waals surface area contributed by atoms with E-state index >= 15 is 0 Å². The second kappa shape index (κ2) is 7.64. The molecule has 19 heavy (non-hydrogen) atoms. The van der Waals surface area contributed by atoms with Crippen LogP contribution >= 0.6 is 0 Å². The molecule has 1 rings (SSSR count). The Hall–Kier alpha value is -0.890. The molecular formula is C17H27FO. The van der Waals surface area contributed by atoms with Gasteiger partial charge < -0.3 is 5.11 Å². The van der Waals surface area contributed by atoms with E-state index in [0.29, 0.717) is 0 Å². The van der Waals surface area contributed by atoms with Crippen LogP contribution in [0.5, 0.6) is 0 Å². The summed E-state index contributed by atoms with van der Waals surface area (Å²) in [4.78, 5) is 0. The highest BCUT2D eigenvalue weighted by Gasteiger charge is 2.29. The van der Waals surface area contributed by atoms with Crippen molar-refractivity contribution in [3.63, 3.8) is 0 Å². The minimum atomic E-state index is -0.375. The molecule has 0 heterocycles. The molecule has 0 bridgehead atoms. The fourth-order valence-corrected chi connectivity index (χ4v) is 2.37. The van der Waals surface area contributed by atoms with Crippen molar-refractivity contribution in [3.05, 3.63) is 35.6 Å². The molecule has 1 aromatic carbocycles. The van der Waals surface area contributed by atoms with Gasteiger partial charge in [0.25, 0.3) is 0 Å². The van der Waals surface area contributed by atoms with Crippen LogP contribution in [0.4, 0.5) is 4.39 Å². The van der Waals surface area contributed by atoms with Gasteiger partial charge in [-0.15, -0.1) is 0 Å². The molecular weight excluding hydrogens is 239 g/mol. The van der Waals surface area contributed by atoms with Gasteiger partial charge in [-0.2, -0.15) is 0 Å². The van der Waals surface area contributed by atoms with Crippen molar-refractivity contribution in [2.75, 3.05) is 0 Å². The van der Waals surface area contributed by atoms with Gasteiger partial charge in [0, 0.05) is 5.41 Å². The molecule has 1 aromatic rings. The molecule has 0 aliphatic heterocycles. The van der Waals surface area contributed by atoms with Crippen LogP contribution in [0.25, 0.3) is 0 Å². The lowest BCUT2D eigenvalue weighted by Crippen LogP contribution is -2.33. The third kappa shape index (κ3) is 4.94. The fraction of sp³-hybridized carbons (Fsp3) is 0.647. The average molecular weight is 266 g/mol. The number of hydrogen-bond acceptors (Lipinski definition) is 1. The highest BCUT2D eigenvalue weighted by molar-refractivity contribution is 5.25. The molecule has 0 saturated carbocycles. The summed E-state index contributed by atoms with van der Waals surface area (Å²) in [5.74, 6) is -0.228. The van der Waals surface area contributed by atoms with E-state index in [4.69, 9.17) is 0 Å². The summed E-state index contributed by atoms with van der Waals surface area (Å²) in [7, 11) is 0. The molecule has 2 heteroatoms. The van der Waals surface area contributed by atoms with Gasteiger partial charge >= 0.3 is 0 Å². The Kier molecular flexibility index (Phi) is 6.50. The summed E-state index contributed by atoms with van der Waals surface area (Å²) in [6, 6.07) is 6.47. The molecule has 0 saturated heterocycles. The number of aliphatic hydroxyl groups excluding tert-OH is 1. The molecule has 0 aliphatic rings. The van der Waals surface area contributed by atoms with Gasteiger partial charge in [0.05, 0.1) is 6.10 Å². The molecule has 0 fully saturated rings. The Labute approximate surface area is 116 Å². The van der Waals surface area contributed by atoms with Gasteiger partial charge in [-0.1, -0.05) is 65.0 Å². The van der Waals surface area contributed by atoms with Gasteiger partial charge in [0.2, 0.25) is 0 Å². The Morgan fingerprint density at radius 3 is 2.21 bits per heavy atom. The van der Waals surface area contributed by atoms with Crippen molar-refractivity contribution in [1.29, 1.82) is 0 Å². The summed E-state index contributed by atoms with van der Waals surface area (Å²) in [6.07, 6.45) is 6.45. The van der Waals surface area contributed by atoms with Gasteiger partial charge in [-0.25, -0.2) is 4.39 Å². The van der Waals surface area contributed by atoms with Gasteiger partial charge in [-0.3, -0.25) is 0 Å². The Morgan fingerprint density at radius 2 is 1.63 bits per heavy atom. The van der Waals surface area contributed by atoms with E-state index in [1.54, 1.807) is 12.1 Å². The summed E-state index contributed by atoms with van der Waals surface area (Å²) >= 11 is 0. The Bertz CT molecular complexity index is 356. The summed E-state index contributed by atoms with van der Waals surface area (Å²) in [5.41, 5.74) is 0.674. The lowest BCUT2D eigenvalue weighted by Gasteiger charge is -2.31. The first-order chi connectivity index (χ1) is 8.98. The zero-order chi connectivity index (χ0) is 14.3. The number of rotatable bonds is 8. The maximum Gasteiger partial charge on any atom is 0.123 e. The van der Waals surface area contributed by atoms with Crippen molar-refractivity contribution in [2.24, 2.45) is 0 Å². The molecule has 1 N–H and O–H groups in total. The summed E-state index contributed by atoms with van der Waals surface area (Å²) < 4.78 is 12.9. The molecule has 1 nitrogen and oxygen atoms in total. The molecule has 0 spiro atoms. The number of halogens is 1. The monoisotopic (exact) mass is 266 g/mol. The van der Waals surface area contributed by atoms with Crippen LogP contribution in [0, 0.1) is 5.82 Å². The SMILES string of the molecule is CCCCCCCC(O)C(C)(C)c1ccc(F)cc1. The Morgan fingerprint density at radius 1 is 1.05 bits per heavy atom. The normalized spacial score (nSPS) is 13.5. The molecule has 108 valence electrons. The maximum atomic E-state index is 12.9. The van der Waals surface area contributed by atoms with Gasteiger partial charge in [-0.05, 0) is 24.1 Å². The third-order valence-electron chi connectivity index (χ3n) is 4.00. The van der Waals surface area contributed by atoms with Crippen molar-refractivity contribution < 1.29 is 9.50 Å². The highest BCUT2D eigenvalue weighted by atomic mass is 19.1. The first-order valence-corrected chi connectivity index (χ1v) is 7.42. The summed E-state index contributed by atoms with van der Waals surface area (Å²) in [6.45, 7) is 6.25. The minimum absolute atomic E-state index is 0.228. The predicted octanol–water partition coefficient (Wildman–Crippen LogP) is 4.82. The largest absolute Gasteiger partial charge is 0.392 e. The first-order valence-electron chi connectivity index (χ1n) is 7.42. The average Bonchev–Trinajstić information content (AvgIpc) is 2.38. The maximum absolute atomic E-state index is 12.9. The first kappa shape index (κ1) is 16.2. The van der Waals surface area contributed by atoms with Crippen LogP contribution in [-0.2, 0) is 5.41 Å². The molecule has 1 unspecified atom stereocenters. The standard InChI is InChI=1S/C17H27FO/c1-4-5-6-7-8-9-16(19)17(2,3)14-10-12-15(18)13-11-14/h10-13,16,19H,4-9H2,1-3H3. The topological polar surface area (TPSA) is 20.2 Å². The zero-order valence-corrected chi connectivity index (χ0v) is 12.5. The van der Waals surface area contributed by atoms with Crippen molar-refractivity contribution in [2.45, 2.75) is 70.8 Å².